The Hall–Kier alpha value is -2.57. The smallest absolute Gasteiger partial charge is 0.325 e. The average Bonchev–Trinajstić information content (AvgIpc) is 3.14. The summed E-state index contributed by atoms with van der Waals surface area (Å²) in [7, 11) is 1.27. The van der Waals surface area contributed by atoms with Gasteiger partial charge in [0.05, 0.1) is 33.0 Å². The second-order valence-electron chi connectivity index (χ2n) is 8.39. The minimum atomic E-state index is -0.547. The molecule has 1 aliphatic heterocycles. The lowest BCUT2D eigenvalue weighted by Crippen LogP contribution is -2.35. The highest BCUT2D eigenvalue weighted by molar-refractivity contribution is 14.1. The van der Waals surface area contributed by atoms with Crippen molar-refractivity contribution in [1.82, 2.24) is 4.90 Å². The summed E-state index contributed by atoms with van der Waals surface area (Å²) in [5.41, 5.74) is 2.21. The highest BCUT2D eigenvalue weighted by Gasteiger charge is 2.40. The van der Waals surface area contributed by atoms with Crippen LogP contribution >= 0.6 is 69.6 Å². The molecule has 0 spiro atoms. The molecule has 1 saturated heterocycles. The number of amides is 1. The van der Waals surface area contributed by atoms with E-state index in [1.54, 1.807) is 48.5 Å². The van der Waals surface area contributed by atoms with Crippen LogP contribution in [0, 0.1) is 3.57 Å². The van der Waals surface area contributed by atoms with Gasteiger partial charge in [-0.3, -0.25) is 14.5 Å². The molecular weight excluding hydrogens is 710 g/mol. The Bertz CT molecular complexity index is 1500. The molecule has 40 heavy (non-hydrogen) atoms. The van der Waals surface area contributed by atoms with E-state index in [-0.39, 0.29) is 24.0 Å². The molecule has 0 atom stereocenters. The van der Waals surface area contributed by atoms with Gasteiger partial charge < -0.3 is 19.1 Å². The van der Waals surface area contributed by atoms with Crippen molar-refractivity contribution in [3.63, 3.8) is 0 Å². The maximum atomic E-state index is 13.6. The lowest BCUT2D eigenvalue weighted by molar-refractivity contribution is -0.140. The van der Waals surface area contributed by atoms with Crippen LogP contribution in [0.4, 0.5) is 5.69 Å². The lowest BCUT2D eigenvalue weighted by Gasteiger charge is -2.19. The second kappa shape index (κ2) is 13.4. The first-order valence-corrected chi connectivity index (χ1v) is 14.5. The molecule has 1 amide bonds. The van der Waals surface area contributed by atoms with Crippen molar-refractivity contribution in [3.8, 4) is 11.5 Å². The quantitative estimate of drug-likeness (QED) is 0.0986. The van der Waals surface area contributed by atoms with Gasteiger partial charge in [-0.1, -0.05) is 40.9 Å². The number of halogens is 4. The minimum Gasteiger partial charge on any atom is -0.490 e. The number of hydrogen-bond acceptors (Lipinski definition) is 6. The van der Waals surface area contributed by atoms with Crippen LogP contribution in [0.3, 0.4) is 0 Å². The molecule has 7 nitrogen and oxygen atoms in total. The fourth-order valence-corrected chi connectivity index (χ4v) is 5.44. The Morgan fingerprint density at radius 2 is 1.75 bits per heavy atom. The number of nitrogens with zero attached hydrogens (tertiary/aromatic N) is 2. The molecule has 208 valence electrons. The zero-order valence-corrected chi connectivity index (χ0v) is 26.5. The maximum absolute atomic E-state index is 13.6. The first-order chi connectivity index (χ1) is 19.1. The lowest BCUT2D eigenvalue weighted by atomic mass is 10.1. The van der Waals surface area contributed by atoms with Crippen LogP contribution in [0.25, 0.3) is 6.08 Å². The summed E-state index contributed by atoms with van der Waals surface area (Å²) in [4.78, 5) is 28.6. The van der Waals surface area contributed by atoms with E-state index in [2.05, 4.69) is 22.6 Å². The van der Waals surface area contributed by atoms with Crippen molar-refractivity contribution in [3.05, 3.63) is 90.1 Å². The monoisotopic (exact) mass is 730 g/mol. The van der Waals surface area contributed by atoms with E-state index < -0.39 is 11.9 Å². The molecule has 0 bridgehead atoms. The SMILES string of the molecule is CCOc1cc(/C=C2/C(=O)N(c3ccc(Cl)cc3)C(=S)N2CC(=O)OC)cc(I)c1OCc1ccc(Cl)c(Cl)c1. The van der Waals surface area contributed by atoms with Crippen LogP contribution in [-0.4, -0.2) is 42.2 Å². The van der Waals surface area contributed by atoms with E-state index in [1.807, 2.05) is 19.1 Å². The Morgan fingerprint density at radius 3 is 2.40 bits per heavy atom. The maximum Gasteiger partial charge on any atom is 0.325 e. The molecule has 1 aliphatic rings. The van der Waals surface area contributed by atoms with Gasteiger partial charge in [-0.05, 0) is 107 Å². The highest BCUT2D eigenvalue weighted by Crippen LogP contribution is 2.37. The van der Waals surface area contributed by atoms with Gasteiger partial charge >= 0.3 is 5.97 Å². The largest absolute Gasteiger partial charge is 0.490 e. The fourth-order valence-electron chi connectivity index (χ4n) is 3.86. The van der Waals surface area contributed by atoms with Crippen LogP contribution in [0.5, 0.6) is 11.5 Å². The van der Waals surface area contributed by atoms with E-state index in [9.17, 15) is 9.59 Å². The molecule has 12 heteroatoms. The Morgan fingerprint density at radius 1 is 1.02 bits per heavy atom. The third kappa shape index (κ3) is 6.83. The molecule has 1 fully saturated rings. The van der Waals surface area contributed by atoms with Crippen molar-refractivity contribution in [1.29, 1.82) is 0 Å². The van der Waals surface area contributed by atoms with Crippen molar-refractivity contribution in [2.24, 2.45) is 0 Å². The molecule has 0 aliphatic carbocycles. The van der Waals surface area contributed by atoms with Crippen LogP contribution < -0.4 is 14.4 Å². The zero-order valence-electron chi connectivity index (χ0n) is 21.3. The number of rotatable bonds is 9. The molecule has 3 aromatic rings. The fraction of sp³-hybridized carbons (Fsp3) is 0.179. The Kier molecular flexibility index (Phi) is 10.2. The summed E-state index contributed by atoms with van der Waals surface area (Å²) in [6.45, 7) is 2.25. The predicted octanol–water partition coefficient (Wildman–Crippen LogP) is 7.38. The first kappa shape index (κ1) is 30.4. The van der Waals surface area contributed by atoms with Gasteiger partial charge in [-0.15, -0.1) is 0 Å². The molecule has 0 unspecified atom stereocenters. The number of hydrogen-bond donors (Lipinski definition) is 0. The third-order valence-electron chi connectivity index (χ3n) is 5.74. The molecular formula is C28H22Cl3IN2O5S. The first-order valence-electron chi connectivity index (χ1n) is 11.9. The van der Waals surface area contributed by atoms with Crippen molar-refractivity contribution < 1.29 is 23.8 Å². The van der Waals surface area contributed by atoms with E-state index in [0.29, 0.717) is 44.4 Å². The van der Waals surface area contributed by atoms with Gasteiger partial charge in [0.2, 0.25) is 0 Å². The standard InChI is InChI=1S/C28H22Cl3IN2O5S/c1-3-38-24-13-17(11-22(32)26(24)39-15-16-4-9-20(30)21(31)10-16)12-23-27(36)34(19-7-5-18(29)6-8-19)28(40)33(23)14-25(35)37-2/h4-13H,3,14-15H2,1-2H3/b23-12-. The van der Waals surface area contributed by atoms with Gasteiger partial charge in [-0.2, -0.15) is 0 Å². The Balaban J connectivity index is 1.70. The molecule has 3 aromatic carbocycles. The molecule has 1 heterocycles. The van der Waals surface area contributed by atoms with E-state index in [4.69, 9.17) is 61.2 Å². The number of carbonyl (C=O) groups is 2. The van der Waals surface area contributed by atoms with Crippen LogP contribution in [0.15, 0.2) is 60.3 Å². The molecule has 0 N–H and O–H groups in total. The molecule has 4 rings (SSSR count). The summed E-state index contributed by atoms with van der Waals surface area (Å²) < 4.78 is 17.6. The van der Waals surface area contributed by atoms with Gasteiger partial charge in [0.1, 0.15) is 18.8 Å². The number of ether oxygens (including phenoxy) is 3. The Labute approximate surface area is 265 Å². The normalized spacial score (nSPS) is 14.2. The zero-order chi connectivity index (χ0) is 29.0. The van der Waals surface area contributed by atoms with E-state index in [1.165, 1.54) is 16.9 Å². The highest BCUT2D eigenvalue weighted by atomic mass is 127. The van der Waals surface area contributed by atoms with Gasteiger partial charge in [-0.25, -0.2) is 0 Å². The van der Waals surface area contributed by atoms with Crippen molar-refractivity contribution >= 4 is 98.4 Å². The predicted molar refractivity (Wildman–Crippen MR) is 169 cm³/mol. The summed E-state index contributed by atoms with van der Waals surface area (Å²) in [6, 6.07) is 15.6. The van der Waals surface area contributed by atoms with E-state index >= 15 is 0 Å². The summed E-state index contributed by atoms with van der Waals surface area (Å²) >= 11 is 26.0. The van der Waals surface area contributed by atoms with E-state index in [0.717, 1.165) is 9.13 Å². The average molecular weight is 732 g/mol. The number of methoxy groups -OCH3 is 1. The van der Waals surface area contributed by atoms with Crippen LogP contribution in [0.2, 0.25) is 15.1 Å². The second-order valence-corrected chi connectivity index (χ2v) is 11.2. The molecule has 0 saturated carbocycles. The number of esters is 1. The van der Waals surface area contributed by atoms with Gasteiger partial charge in [0, 0.05) is 5.02 Å². The molecule has 0 aromatic heterocycles. The number of benzene rings is 3. The topological polar surface area (TPSA) is 68.3 Å². The van der Waals surface area contributed by atoms with Crippen LogP contribution in [0.1, 0.15) is 18.1 Å². The summed E-state index contributed by atoms with van der Waals surface area (Å²) in [6.07, 6.45) is 1.65. The summed E-state index contributed by atoms with van der Waals surface area (Å²) in [5.74, 6) is 0.0836. The third-order valence-corrected chi connectivity index (χ3v) is 7.93. The van der Waals surface area contributed by atoms with Gasteiger partial charge in [0.15, 0.2) is 16.6 Å². The number of thiocarbonyl (C=S) groups is 1. The minimum absolute atomic E-state index is 0.144. The van der Waals surface area contributed by atoms with Crippen molar-refractivity contribution in [2.45, 2.75) is 13.5 Å². The summed E-state index contributed by atoms with van der Waals surface area (Å²) in [5, 5.41) is 1.56. The number of carbonyl (C=O) groups excluding carboxylic acids is 2. The van der Waals surface area contributed by atoms with Gasteiger partial charge in [0.25, 0.3) is 5.91 Å². The number of anilines is 1. The molecule has 0 radical (unpaired) electrons. The van der Waals surface area contributed by atoms with Crippen molar-refractivity contribution in [2.75, 3.05) is 25.2 Å². The van der Waals surface area contributed by atoms with Crippen LogP contribution in [-0.2, 0) is 20.9 Å².